The lowest BCUT2D eigenvalue weighted by Crippen LogP contribution is -2.19. The summed E-state index contributed by atoms with van der Waals surface area (Å²) in [6.45, 7) is 5.18. The van der Waals surface area contributed by atoms with Gasteiger partial charge in [-0.25, -0.2) is 0 Å². The summed E-state index contributed by atoms with van der Waals surface area (Å²) in [5.74, 6) is 1.84. The highest BCUT2D eigenvalue weighted by molar-refractivity contribution is 4.91. The maximum Gasteiger partial charge on any atom is 0.0587 e. The molecule has 0 saturated heterocycles. The molecule has 1 fully saturated rings. The number of ether oxygens (including phenoxy) is 1. The van der Waals surface area contributed by atoms with Crippen LogP contribution in [-0.4, -0.2) is 26.8 Å². The Morgan fingerprint density at radius 2 is 2.18 bits per heavy atom. The third kappa shape index (κ3) is 6.85. The Morgan fingerprint density at radius 1 is 1.29 bits per heavy atom. The molecule has 2 atom stereocenters. The monoisotopic (exact) mass is 239 g/mol. The van der Waals surface area contributed by atoms with E-state index in [1.807, 2.05) is 0 Å². The maximum atomic E-state index is 4.99. The summed E-state index contributed by atoms with van der Waals surface area (Å²) in [5.41, 5.74) is 0. The van der Waals surface area contributed by atoms with E-state index in [1.54, 1.807) is 7.11 Å². The lowest BCUT2D eigenvalue weighted by Gasteiger charge is -2.26. The van der Waals surface area contributed by atoms with E-state index in [2.05, 4.69) is 24.4 Å². The van der Waals surface area contributed by atoms with Crippen molar-refractivity contribution in [3.8, 4) is 0 Å². The zero-order chi connectivity index (χ0) is 12.3. The molecule has 1 N–H and O–H groups in total. The predicted octanol–water partition coefficient (Wildman–Crippen LogP) is 3.39. The van der Waals surface area contributed by atoms with Gasteiger partial charge in [0.15, 0.2) is 0 Å². The molecule has 2 unspecified atom stereocenters. The predicted molar refractivity (Wildman–Crippen MR) is 74.2 cm³/mol. The Kier molecular flexibility index (Phi) is 8.37. The van der Waals surface area contributed by atoms with Crippen LogP contribution in [0.15, 0.2) is 12.2 Å². The summed E-state index contributed by atoms with van der Waals surface area (Å²) < 4.78 is 4.99. The van der Waals surface area contributed by atoms with E-state index < -0.39 is 0 Å². The third-order valence-corrected chi connectivity index (χ3v) is 3.78. The lowest BCUT2D eigenvalue weighted by molar-refractivity contribution is 0.199. The van der Waals surface area contributed by atoms with Gasteiger partial charge >= 0.3 is 0 Å². The van der Waals surface area contributed by atoms with Crippen LogP contribution >= 0.6 is 0 Å². The average molecular weight is 239 g/mol. The van der Waals surface area contributed by atoms with Crippen molar-refractivity contribution < 1.29 is 4.74 Å². The Bertz CT molecular complexity index is 203. The van der Waals surface area contributed by atoms with Crippen molar-refractivity contribution in [2.45, 2.75) is 45.4 Å². The van der Waals surface area contributed by atoms with Crippen LogP contribution in [0, 0.1) is 11.8 Å². The zero-order valence-corrected chi connectivity index (χ0v) is 11.6. The van der Waals surface area contributed by atoms with Gasteiger partial charge in [-0.05, 0) is 37.6 Å². The Labute approximate surface area is 107 Å². The van der Waals surface area contributed by atoms with Crippen LogP contribution in [0.4, 0.5) is 0 Å². The van der Waals surface area contributed by atoms with Gasteiger partial charge in [0.25, 0.3) is 0 Å². The normalized spacial score (nSPS) is 25.5. The number of rotatable bonds is 8. The van der Waals surface area contributed by atoms with Gasteiger partial charge in [0.2, 0.25) is 0 Å². The molecule has 0 aromatic heterocycles. The van der Waals surface area contributed by atoms with Crippen molar-refractivity contribution in [1.82, 2.24) is 5.32 Å². The molecule has 0 heterocycles. The summed E-state index contributed by atoms with van der Waals surface area (Å²) in [6.07, 6.45) is 13.1. The summed E-state index contributed by atoms with van der Waals surface area (Å²) >= 11 is 0. The summed E-state index contributed by atoms with van der Waals surface area (Å²) in [7, 11) is 1.74. The molecular weight excluding hydrogens is 210 g/mol. The van der Waals surface area contributed by atoms with Crippen LogP contribution in [0.3, 0.4) is 0 Å². The molecule has 1 rings (SSSR count). The molecule has 0 spiro atoms. The highest BCUT2D eigenvalue weighted by Crippen LogP contribution is 2.31. The van der Waals surface area contributed by atoms with Crippen molar-refractivity contribution in [1.29, 1.82) is 0 Å². The van der Waals surface area contributed by atoms with Crippen molar-refractivity contribution in [2.24, 2.45) is 11.8 Å². The molecule has 2 nitrogen and oxygen atoms in total. The summed E-state index contributed by atoms with van der Waals surface area (Å²) in [4.78, 5) is 0. The molecular formula is C15H29NO. The van der Waals surface area contributed by atoms with Gasteiger partial charge in [0, 0.05) is 13.7 Å². The Balaban J connectivity index is 2.03. The van der Waals surface area contributed by atoms with Gasteiger partial charge in [-0.15, -0.1) is 0 Å². The van der Waals surface area contributed by atoms with Crippen LogP contribution in [0.1, 0.15) is 45.4 Å². The molecule has 0 aromatic rings. The third-order valence-electron chi connectivity index (χ3n) is 3.78. The first-order valence-corrected chi connectivity index (χ1v) is 7.23. The van der Waals surface area contributed by atoms with Crippen LogP contribution in [0.5, 0.6) is 0 Å². The molecule has 0 amide bonds. The molecule has 1 aliphatic carbocycles. The smallest absolute Gasteiger partial charge is 0.0587 e. The fourth-order valence-electron chi connectivity index (χ4n) is 2.65. The highest BCUT2D eigenvalue weighted by Gasteiger charge is 2.18. The Hall–Kier alpha value is -0.340. The topological polar surface area (TPSA) is 21.3 Å². The van der Waals surface area contributed by atoms with Gasteiger partial charge in [0.05, 0.1) is 6.61 Å². The lowest BCUT2D eigenvalue weighted by atomic mass is 9.80. The number of allylic oxidation sites excluding steroid dienone is 1. The van der Waals surface area contributed by atoms with Gasteiger partial charge in [-0.1, -0.05) is 38.3 Å². The van der Waals surface area contributed by atoms with Gasteiger partial charge in [-0.3, -0.25) is 0 Å². The van der Waals surface area contributed by atoms with E-state index in [1.165, 1.54) is 32.1 Å². The largest absolute Gasteiger partial charge is 0.383 e. The maximum absolute atomic E-state index is 4.99. The molecule has 100 valence electrons. The van der Waals surface area contributed by atoms with Crippen molar-refractivity contribution in [3.63, 3.8) is 0 Å². The van der Waals surface area contributed by atoms with Crippen molar-refractivity contribution in [2.75, 3.05) is 26.8 Å². The van der Waals surface area contributed by atoms with Crippen molar-refractivity contribution >= 4 is 0 Å². The number of hydrogen-bond donors (Lipinski definition) is 1. The molecule has 1 saturated carbocycles. The first kappa shape index (κ1) is 14.7. The zero-order valence-electron chi connectivity index (χ0n) is 11.6. The minimum Gasteiger partial charge on any atom is -0.383 e. The fraction of sp³-hybridized carbons (Fsp3) is 0.867. The quantitative estimate of drug-likeness (QED) is 0.518. The summed E-state index contributed by atoms with van der Waals surface area (Å²) in [5, 5.41) is 3.37. The molecule has 17 heavy (non-hydrogen) atoms. The highest BCUT2D eigenvalue weighted by atomic mass is 16.5. The van der Waals surface area contributed by atoms with Gasteiger partial charge in [-0.2, -0.15) is 0 Å². The van der Waals surface area contributed by atoms with Gasteiger partial charge in [0.1, 0.15) is 0 Å². The molecule has 2 heteroatoms. The second-order valence-corrected chi connectivity index (χ2v) is 5.16. The minimum atomic E-state index is 0.810. The first-order valence-electron chi connectivity index (χ1n) is 7.23. The van der Waals surface area contributed by atoms with Crippen molar-refractivity contribution in [3.05, 3.63) is 12.2 Å². The number of hydrogen-bond acceptors (Lipinski definition) is 2. The van der Waals surface area contributed by atoms with E-state index in [0.717, 1.165) is 38.0 Å². The van der Waals surface area contributed by atoms with Crippen LogP contribution in [0.2, 0.25) is 0 Å². The van der Waals surface area contributed by atoms with Crippen LogP contribution in [0.25, 0.3) is 0 Å². The van der Waals surface area contributed by atoms with E-state index in [9.17, 15) is 0 Å². The molecule has 0 aromatic carbocycles. The average Bonchev–Trinajstić information content (AvgIpc) is 2.38. The molecule has 0 aliphatic heterocycles. The van der Waals surface area contributed by atoms with E-state index in [4.69, 9.17) is 4.74 Å². The molecule has 0 radical (unpaired) electrons. The number of methoxy groups -OCH3 is 1. The standard InChI is InChI=1S/C15H29NO/c1-3-14-8-6-9-15(13-14)7-4-5-10-16-11-12-17-2/h4,7,14-16H,3,5-6,8-13H2,1-2H3. The van der Waals surface area contributed by atoms with Crippen LogP contribution < -0.4 is 5.32 Å². The van der Waals surface area contributed by atoms with Gasteiger partial charge < -0.3 is 10.1 Å². The van der Waals surface area contributed by atoms with Crippen LogP contribution in [-0.2, 0) is 4.74 Å². The summed E-state index contributed by atoms with van der Waals surface area (Å²) in [6, 6.07) is 0. The van der Waals surface area contributed by atoms with E-state index in [-0.39, 0.29) is 0 Å². The Morgan fingerprint density at radius 3 is 2.94 bits per heavy atom. The fourth-order valence-corrected chi connectivity index (χ4v) is 2.65. The number of nitrogens with one attached hydrogen (secondary N) is 1. The SMILES string of the molecule is CCC1CCCC(C=CCCNCCOC)C1. The van der Waals surface area contributed by atoms with E-state index in [0.29, 0.717) is 0 Å². The van der Waals surface area contributed by atoms with E-state index >= 15 is 0 Å². The first-order chi connectivity index (χ1) is 8.36. The molecule has 0 bridgehead atoms. The second kappa shape index (κ2) is 9.67. The minimum absolute atomic E-state index is 0.810. The second-order valence-electron chi connectivity index (χ2n) is 5.16. The molecule has 1 aliphatic rings.